The summed E-state index contributed by atoms with van der Waals surface area (Å²) < 4.78 is 0. The highest BCUT2D eigenvalue weighted by Gasteiger charge is 2.08. The molecular formula is C12H27NS. The predicted octanol–water partition coefficient (Wildman–Crippen LogP) is 3.54. The molecule has 0 fully saturated rings. The van der Waals surface area contributed by atoms with Crippen LogP contribution in [0.3, 0.4) is 0 Å². The van der Waals surface area contributed by atoms with Crippen LogP contribution in [0.1, 0.15) is 47.0 Å². The highest BCUT2D eigenvalue weighted by Crippen LogP contribution is 2.12. The topological polar surface area (TPSA) is 12.0 Å². The first kappa shape index (κ1) is 14.3. The van der Waals surface area contributed by atoms with Crippen molar-refractivity contribution in [1.82, 2.24) is 5.32 Å². The lowest BCUT2D eigenvalue weighted by Gasteiger charge is -2.19. The smallest absolute Gasteiger partial charge is 0.00696 e. The van der Waals surface area contributed by atoms with Crippen LogP contribution in [0.25, 0.3) is 0 Å². The lowest BCUT2D eigenvalue weighted by atomic mass is 10.0. The molecule has 0 aromatic carbocycles. The summed E-state index contributed by atoms with van der Waals surface area (Å²) in [6.07, 6.45) is 4.03. The van der Waals surface area contributed by atoms with Crippen LogP contribution in [0.15, 0.2) is 0 Å². The van der Waals surface area contributed by atoms with Gasteiger partial charge < -0.3 is 5.32 Å². The van der Waals surface area contributed by atoms with E-state index in [9.17, 15) is 0 Å². The van der Waals surface area contributed by atoms with Crippen LogP contribution in [0.5, 0.6) is 0 Å². The molecule has 0 bridgehead atoms. The van der Waals surface area contributed by atoms with Crippen LogP contribution in [0, 0.1) is 5.92 Å². The number of thioether (sulfide) groups is 1. The Labute approximate surface area is 94.4 Å². The summed E-state index contributed by atoms with van der Waals surface area (Å²) >= 11 is 2.06. The number of nitrogens with one attached hydrogen (secondary N) is 1. The molecule has 0 aromatic heterocycles. The van der Waals surface area contributed by atoms with Gasteiger partial charge in [-0.3, -0.25) is 0 Å². The van der Waals surface area contributed by atoms with Crippen LogP contribution >= 0.6 is 11.8 Å². The third-order valence-corrected chi connectivity index (χ3v) is 3.28. The highest BCUT2D eigenvalue weighted by atomic mass is 32.2. The van der Waals surface area contributed by atoms with Crippen molar-refractivity contribution in [3.8, 4) is 0 Å². The van der Waals surface area contributed by atoms with E-state index in [1.807, 2.05) is 0 Å². The molecule has 0 saturated carbocycles. The van der Waals surface area contributed by atoms with Gasteiger partial charge in [-0.1, -0.05) is 27.7 Å². The van der Waals surface area contributed by atoms with Crippen molar-refractivity contribution < 1.29 is 0 Å². The third-order valence-electron chi connectivity index (χ3n) is 2.29. The molecule has 0 amide bonds. The quantitative estimate of drug-likeness (QED) is 0.593. The molecule has 0 radical (unpaired) electrons. The number of hydrogen-bond acceptors (Lipinski definition) is 2. The fraction of sp³-hybridized carbons (Fsp3) is 1.00. The zero-order chi connectivity index (χ0) is 10.8. The Morgan fingerprint density at radius 1 is 1.21 bits per heavy atom. The van der Waals surface area contributed by atoms with Gasteiger partial charge in [-0.2, -0.15) is 11.8 Å². The maximum absolute atomic E-state index is 3.58. The zero-order valence-corrected chi connectivity index (χ0v) is 11.1. The minimum atomic E-state index is 0.748. The summed E-state index contributed by atoms with van der Waals surface area (Å²) in [6, 6.07) is 0.748. The van der Waals surface area contributed by atoms with E-state index >= 15 is 0 Å². The van der Waals surface area contributed by atoms with Crippen molar-refractivity contribution in [1.29, 1.82) is 0 Å². The molecule has 1 nitrogen and oxygen atoms in total. The van der Waals surface area contributed by atoms with E-state index in [1.165, 1.54) is 30.8 Å². The number of hydrogen-bond donors (Lipinski definition) is 1. The van der Waals surface area contributed by atoms with Gasteiger partial charge in [0.1, 0.15) is 0 Å². The Bertz CT molecular complexity index is 115. The molecule has 0 aliphatic rings. The second-order valence-electron chi connectivity index (χ2n) is 4.22. The van der Waals surface area contributed by atoms with Crippen LogP contribution in [0.2, 0.25) is 0 Å². The summed E-state index contributed by atoms with van der Waals surface area (Å²) in [5.74, 6) is 3.41. The summed E-state index contributed by atoms with van der Waals surface area (Å²) in [7, 11) is 0. The van der Waals surface area contributed by atoms with Gasteiger partial charge in [0.05, 0.1) is 0 Å². The van der Waals surface area contributed by atoms with Crippen molar-refractivity contribution in [3.05, 3.63) is 0 Å². The van der Waals surface area contributed by atoms with Gasteiger partial charge in [-0.25, -0.2) is 0 Å². The zero-order valence-electron chi connectivity index (χ0n) is 10.3. The molecule has 0 aliphatic carbocycles. The van der Waals surface area contributed by atoms with Gasteiger partial charge in [0, 0.05) is 6.04 Å². The van der Waals surface area contributed by atoms with Gasteiger partial charge >= 0.3 is 0 Å². The lowest BCUT2D eigenvalue weighted by molar-refractivity contribution is 0.403. The average molecular weight is 217 g/mol. The monoisotopic (exact) mass is 217 g/mol. The maximum Gasteiger partial charge on any atom is 0.00696 e. The van der Waals surface area contributed by atoms with Crippen molar-refractivity contribution in [3.63, 3.8) is 0 Å². The van der Waals surface area contributed by atoms with E-state index in [-0.39, 0.29) is 0 Å². The van der Waals surface area contributed by atoms with E-state index in [0.717, 1.165) is 18.5 Å². The Morgan fingerprint density at radius 2 is 1.93 bits per heavy atom. The van der Waals surface area contributed by atoms with Crippen molar-refractivity contribution in [2.75, 3.05) is 18.1 Å². The molecule has 1 atom stereocenters. The summed E-state index contributed by atoms with van der Waals surface area (Å²) in [6.45, 7) is 10.2. The highest BCUT2D eigenvalue weighted by molar-refractivity contribution is 7.99. The second kappa shape index (κ2) is 9.85. The molecular weight excluding hydrogens is 190 g/mol. The molecule has 0 rings (SSSR count). The molecule has 1 unspecified atom stereocenters. The molecule has 0 aromatic rings. The second-order valence-corrected chi connectivity index (χ2v) is 5.62. The van der Waals surface area contributed by atoms with Gasteiger partial charge in [0.25, 0.3) is 0 Å². The molecule has 86 valence electrons. The maximum atomic E-state index is 3.58. The molecule has 0 saturated heterocycles. The van der Waals surface area contributed by atoms with E-state index < -0.39 is 0 Å². The van der Waals surface area contributed by atoms with E-state index in [4.69, 9.17) is 0 Å². The fourth-order valence-electron chi connectivity index (χ4n) is 1.74. The Hall–Kier alpha value is 0.310. The van der Waals surface area contributed by atoms with E-state index in [0.29, 0.717) is 0 Å². The van der Waals surface area contributed by atoms with Crippen LogP contribution in [0.4, 0.5) is 0 Å². The fourth-order valence-corrected chi connectivity index (χ4v) is 2.40. The minimum Gasteiger partial charge on any atom is -0.314 e. The summed E-state index contributed by atoms with van der Waals surface area (Å²) in [5.41, 5.74) is 0. The minimum absolute atomic E-state index is 0.748. The van der Waals surface area contributed by atoms with Gasteiger partial charge in [0.15, 0.2) is 0 Å². The van der Waals surface area contributed by atoms with E-state index in [2.05, 4.69) is 44.8 Å². The molecule has 14 heavy (non-hydrogen) atoms. The predicted molar refractivity (Wildman–Crippen MR) is 69.2 cm³/mol. The third kappa shape index (κ3) is 8.89. The van der Waals surface area contributed by atoms with Crippen LogP contribution in [-0.2, 0) is 0 Å². The standard InChI is InChI=1S/C12H27NS/c1-5-13-12(10-11(3)4)8-7-9-14-6-2/h11-13H,5-10H2,1-4H3. The molecule has 0 aliphatic heterocycles. The van der Waals surface area contributed by atoms with Crippen molar-refractivity contribution >= 4 is 11.8 Å². The van der Waals surface area contributed by atoms with E-state index in [1.54, 1.807) is 0 Å². The normalized spacial score (nSPS) is 13.5. The van der Waals surface area contributed by atoms with Crippen molar-refractivity contribution in [2.45, 2.75) is 53.0 Å². The molecule has 0 heterocycles. The number of rotatable bonds is 9. The first-order valence-electron chi connectivity index (χ1n) is 6.01. The lowest BCUT2D eigenvalue weighted by Crippen LogP contribution is -2.30. The Kier molecular flexibility index (Phi) is 10.1. The molecule has 2 heteroatoms. The first-order chi connectivity index (χ1) is 6.70. The summed E-state index contributed by atoms with van der Waals surface area (Å²) in [4.78, 5) is 0. The molecule has 0 spiro atoms. The Balaban J connectivity index is 3.51. The molecule has 1 N–H and O–H groups in total. The average Bonchev–Trinajstić information content (AvgIpc) is 2.12. The SMILES string of the molecule is CCNC(CCCSCC)CC(C)C. The largest absolute Gasteiger partial charge is 0.314 e. The van der Waals surface area contributed by atoms with Crippen LogP contribution in [-0.4, -0.2) is 24.1 Å². The van der Waals surface area contributed by atoms with Gasteiger partial charge in [0.2, 0.25) is 0 Å². The van der Waals surface area contributed by atoms with Crippen molar-refractivity contribution in [2.24, 2.45) is 5.92 Å². The van der Waals surface area contributed by atoms with Gasteiger partial charge in [-0.15, -0.1) is 0 Å². The van der Waals surface area contributed by atoms with Crippen LogP contribution < -0.4 is 5.32 Å². The summed E-state index contributed by atoms with van der Waals surface area (Å²) in [5, 5.41) is 3.58. The van der Waals surface area contributed by atoms with Gasteiger partial charge in [-0.05, 0) is 43.2 Å². The Morgan fingerprint density at radius 3 is 2.43 bits per heavy atom. The first-order valence-corrected chi connectivity index (χ1v) is 7.17.